The second kappa shape index (κ2) is 6.10. The van der Waals surface area contributed by atoms with E-state index in [1.165, 1.54) is 13.4 Å². The topological polar surface area (TPSA) is 55.4 Å². The summed E-state index contributed by atoms with van der Waals surface area (Å²) < 4.78 is 27.7. The first kappa shape index (κ1) is 15.6. The molecule has 1 N–H and O–H groups in total. The molecule has 4 nitrogen and oxygen atoms in total. The van der Waals surface area contributed by atoms with Crippen molar-refractivity contribution in [1.82, 2.24) is 5.32 Å². The van der Waals surface area contributed by atoms with Gasteiger partial charge >= 0.3 is 0 Å². The van der Waals surface area contributed by atoms with Crippen LogP contribution >= 0.6 is 23.2 Å². The Hall–Kier alpha value is -0.490. The van der Waals surface area contributed by atoms with Gasteiger partial charge < -0.3 is 10.1 Å². The van der Waals surface area contributed by atoms with Crippen LogP contribution in [-0.4, -0.2) is 34.6 Å². The van der Waals surface area contributed by atoms with Crippen molar-refractivity contribution in [2.45, 2.75) is 6.04 Å². The molecule has 1 aromatic rings. The number of halogens is 2. The number of methoxy groups -OCH3 is 1. The third-order valence-corrected chi connectivity index (χ3v) is 4.03. The molecule has 0 aromatic heterocycles. The van der Waals surface area contributed by atoms with E-state index in [4.69, 9.17) is 27.9 Å². The van der Waals surface area contributed by atoms with E-state index in [1.807, 2.05) is 0 Å². The molecule has 7 heteroatoms. The fourth-order valence-electron chi connectivity index (χ4n) is 1.60. The van der Waals surface area contributed by atoms with Gasteiger partial charge in [-0.1, -0.05) is 23.2 Å². The molecule has 102 valence electrons. The molecule has 0 fully saturated rings. The predicted molar refractivity (Wildman–Crippen MR) is 74.5 cm³/mol. The number of rotatable bonds is 5. The lowest BCUT2D eigenvalue weighted by molar-refractivity contribution is 0.414. The monoisotopic (exact) mass is 311 g/mol. The molecule has 1 unspecified atom stereocenters. The molecule has 0 radical (unpaired) electrons. The van der Waals surface area contributed by atoms with Gasteiger partial charge in [0.1, 0.15) is 15.6 Å². The standard InChI is InChI=1S/C11H15Cl2NO3S/c1-14-10(6-18(3,15)16)7-4-9(13)11(17-2)5-8(7)12/h4-5,10,14H,6H2,1-3H3. The Morgan fingerprint density at radius 3 is 2.39 bits per heavy atom. The Bertz CT molecular complexity index is 531. The van der Waals surface area contributed by atoms with E-state index in [0.717, 1.165) is 0 Å². The third kappa shape index (κ3) is 4.02. The molecule has 0 spiro atoms. The van der Waals surface area contributed by atoms with E-state index in [1.54, 1.807) is 19.2 Å². The molecule has 0 saturated heterocycles. The first-order valence-electron chi connectivity index (χ1n) is 5.16. The molecule has 0 saturated carbocycles. The number of ether oxygens (including phenoxy) is 1. The fourth-order valence-corrected chi connectivity index (χ4v) is 3.09. The molecular formula is C11H15Cl2NO3S. The maximum atomic E-state index is 11.4. The first-order valence-corrected chi connectivity index (χ1v) is 7.98. The second-order valence-corrected chi connectivity index (χ2v) is 6.94. The zero-order chi connectivity index (χ0) is 13.9. The van der Waals surface area contributed by atoms with Crippen LogP contribution in [0.5, 0.6) is 5.75 Å². The Labute approximate surface area is 117 Å². The summed E-state index contributed by atoms with van der Waals surface area (Å²) in [6.07, 6.45) is 1.18. The Balaban J connectivity index is 3.18. The van der Waals surface area contributed by atoms with Crippen LogP contribution in [0.2, 0.25) is 10.0 Å². The Morgan fingerprint density at radius 2 is 1.94 bits per heavy atom. The van der Waals surface area contributed by atoms with E-state index in [9.17, 15) is 8.42 Å². The quantitative estimate of drug-likeness (QED) is 0.906. The molecule has 0 bridgehead atoms. The summed E-state index contributed by atoms with van der Waals surface area (Å²) in [6.45, 7) is 0. The largest absolute Gasteiger partial charge is 0.495 e. The van der Waals surface area contributed by atoms with Crippen LogP contribution in [0.15, 0.2) is 12.1 Å². The van der Waals surface area contributed by atoms with Crippen LogP contribution in [0.25, 0.3) is 0 Å². The van der Waals surface area contributed by atoms with E-state index in [2.05, 4.69) is 5.32 Å². The Kier molecular flexibility index (Phi) is 5.28. The Morgan fingerprint density at radius 1 is 1.33 bits per heavy atom. The maximum absolute atomic E-state index is 11.4. The van der Waals surface area contributed by atoms with Gasteiger partial charge in [-0.2, -0.15) is 0 Å². The number of hydrogen-bond donors (Lipinski definition) is 1. The molecule has 0 aliphatic rings. The molecule has 0 aliphatic carbocycles. The summed E-state index contributed by atoms with van der Waals surface area (Å²) in [6, 6.07) is 2.79. The van der Waals surface area contributed by atoms with E-state index >= 15 is 0 Å². The highest BCUT2D eigenvalue weighted by Crippen LogP contribution is 2.34. The summed E-state index contributed by atoms with van der Waals surface area (Å²) in [7, 11) is 0.0359. The van der Waals surface area contributed by atoms with Crippen molar-refractivity contribution in [3.05, 3.63) is 27.7 Å². The van der Waals surface area contributed by atoms with Crippen molar-refractivity contribution >= 4 is 33.0 Å². The van der Waals surface area contributed by atoms with Gasteiger partial charge in [-0.3, -0.25) is 0 Å². The van der Waals surface area contributed by atoms with Crippen molar-refractivity contribution in [2.24, 2.45) is 0 Å². The maximum Gasteiger partial charge on any atom is 0.149 e. The van der Waals surface area contributed by atoms with Crippen LogP contribution in [0, 0.1) is 0 Å². The number of benzene rings is 1. The van der Waals surface area contributed by atoms with Gasteiger partial charge in [-0.05, 0) is 18.7 Å². The van der Waals surface area contributed by atoms with Crippen LogP contribution in [0.3, 0.4) is 0 Å². The average molecular weight is 312 g/mol. The summed E-state index contributed by atoms with van der Waals surface area (Å²) in [5.41, 5.74) is 0.635. The lowest BCUT2D eigenvalue weighted by atomic mass is 10.1. The molecule has 1 rings (SSSR count). The number of sulfone groups is 1. The van der Waals surface area contributed by atoms with Crippen LogP contribution in [0.1, 0.15) is 11.6 Å². The lowest BCUT2D eigenvalue weighted by Gasteiger charge is -2.18. The fraction of sp³-hybridized carbons (Fsp3) is 0.455. The molecule has 0 heterocycles. The highest BCUT2D eigenvalue weighted by atomic mass is 35.5. The van der Waals surface area contributed by atoms with Gasteiger partial charge in [0.05, 0.1) is 17.9 Å². The van der Waals surface area contributed by atoms with Crippen molar-refractivity contribution in [3.8, 4) is 5.75 Å². The van der Waals surface area contributed by atoms with Crippen molar-refractivity contribution < 1.29 is 13.2 Å². The summed E-state index contributed by atoms with van der Waals surface area (Å²) in [5.74, 6) is 0.408. The van der Waals surface area contributed by atoms with Crippen LogP contribution < -0.4 is 10.1 Å². The van der Waals surface area contributed by atoms with E-state index in [-0.39, 0.29) is 5.75 Å². The molecule has 1 aromatic carbocycles. The van der Waals surface area contributed by atoms with E-state index < -0.39 is 15.9 Å². The zero-order valence-corrected chi connectivity index (χ0v) is 12.7. The van der Waals surface area contributed by atoms with Gasteiger partial charge in [0, 0.05) is 23.4 Å². The second-order valence-electron chi connectivity index (χ2n) is 3.94. The molecule has 0 amide bonds. The highest BCUT2D eigenvalue weighted by Gasteiger charge is 2.20. The van der Waals surface area contributed by atoms with Gasteiger partial charge in [0.15, 0.2) is 0 Å². The lowest BCUT2D eigenvalue weighted by Crippen LogP contribution is -2.25. The van der Waals surface area contributed by atoms with Crippen molar-refractivity contribution in [1.29, 1.82) is 0 Å². The van der Waals surface area contributed by atoms with Gasteiger partial charge in [0.25, 0.3) is 0 Å². The SMILES string of the molecule is CNC(CS(C)(=O)=O)c1cc(Cl)c(OC)cc1Cl. The minimum absolute atomic E-state index is 0.0497. The molecule has 18 heavy (non-hydrogen) atoms. The summed E-state index contributed by atoms with van der Waals surface area (Å²) in [4.78, 5) is 0. The van der Waals surface area contributed by atoms with Gasteiger partial charge in [-0.25, -0.2) is 8.42 Å². The summed E-state index contributed by atoms with van der Waals surface area (Å²) >= 11 is 12.1. The van der Waals surface area contributed by atoms with Gasteiger partial charge in [-0.15, -0.1) is 0 Å². The minimum atomic E-state index is -3.12. The van der Waals surface area contributed by atoms with Crippen molar-refractivity contribution in [3.63, 3.8) is 0 Å². The smallest absolute Gasteiger partial charge is 0.149 e. The first-order chi connectivity index (χ1) is 8.28. The molecular weight excluding hydrogens is 297 g/mol. The molecule has 1 atom stereocenters. The minimum Gasteiger partial charge on any atom is -0.495 e. The third-order valence-electron chi connectivity index (χ3n) is 2.46. The average Bonchev–Trinajstić information content (AvgIpc) is 2.27. The normalized spacial score (nSPS) is 13.4. The van der Waals surface area contributed by atoms with Crippen LogP contribution in [0.4, 0.5) is 0 Å². The highest BCUT2D eigenvalue weighted by molar-refractivity contribution is 7.90. The van der Waals surface area contributed by atoms with Gasteiger partial charge in [0.2, 0.25) is 0 Å². The number of hydrogen-bond acceptors (Lipinski definition) is 4. The molecule has 0 aliphatic heterocycles. The van der Waals surface area contributed by atoms with Crippen molar-refractivity contribution in [2.75, 3.05) is 26.2 Å². The zero-order valence-electron chi connectivity index (χ0n) is 10.3. The predicted octanol–water partition coefficient (Wildman–Crippen LogP) is 2.31. The van der Waals surface area contributed by atoms with Crippen LogP contribution in [-0.2, 0) is 9.84 Å². The number of nitrogens with one attached hydrogen (secondary N) is 1. The summed E-state index contributed by atoms with van der Waals surface area (Å²) in [5, 5.41) is 3.73. The van der Waals surface area contributed by atoms with E-state index in [0.29, 0.717) is 21.4 Å².